The van der Waals surface area contributed by atoms with E-state index < -0.39 is 0 Å². The van der Waals surface area contributed by atoms with E-state index in [0.29, 0.717) is 0 Å². The van der Waals surface area contributed by atoms with Crippen LogP contribution >= 0.6 is 0 Å². The van der Waals surface area contributed by atoms with Gasteiger partial charge in [0.1, 0.15) is 0 Å². The van der Waals surface area contributed by atoms with Gasteiger partial charge in [-0.25, -0.2) is 0 Å². The lowest BCUT2D eigenvalue weighted by Crippen LogP contribution is -2.22. The van der Waals surface area contributed by atoms with Crippen LogP contribution in [0.1, 0.15) is 25.2 Å². The van der Waals surface area contributed by atoms with Gasteiger partial charge < -0.3 is 0 Å². The number of aryl methyl sites for hydroxylation is 1. The molecule has 0 fully saturated rings. The predicted molar refractivity (Wildman–Crippen MR) is 49.9 cm³/mol. The van der Waals surface area contributed by atoms with E-state index in [4.69, 9.17) is 0 Å². The van der Waals surface area contributed by atoms with Crippen LogP contribution in [0.5, 0.6) is 0 Å². The van der Waals surface area contributed by atoms with Crippen LogP contribution < -0.4 is 0 Å². The smallest absolute Gasteiger partial charge is 0.0765 e. The number of H-pyrrole nitrogens is 1. The number of aromatic nitrogens is 2. The molecular formula is C9H17N3. The number of rotatable bonds is 4. The van der Waals surface area contributed by atoms with Crippen molar-refractivity contribution in [3.05, 3.63) is 17.5 Å². The highest BCUT2D eigenvalue weighted by Crippen LogP contribution is 2.02. The Morgan fingerprint density at radius 1 is 1.42 bits per heavy atom. The quantitative estimate of drug-likeness (QED) is 0.738. The molecule has 0 saturated heterocycles. The molecule has 0 aliphatic carbocycles. The molecule has 3 nitrogen and oxygen atoms in total. The topological polar surface area (TPSA) is 31.9 Å². The molecule has 0 aromatic carbocycles. The minimum atomic E-state index is 0.956. The third-order valence-corrected chi connectivity index (χ3v) is 2.04. The minimum Gasteiger partial charge on any atom is -0.298 e. The number of nitrogens with zero attached hydrogens (tertiary/aromatic N) is 2. The highest BCUT2D eigenvalue weighted by molar-refractivity contribution is 5.06. The first-order valence-electron chi connectivity index (χ1n) is 4.49. The molecule has 3 heteroatoms. The molecular weight excluding hydrogens is 150 g/mol. The zero-order chi connectivity index (χ0) is 8.97. The molecule has 1 N–H and O–H groups in total. The van der Waals surface area contributed by atoms with Crippen LogP contribution in [0.15, 0.2) is 6.07 Å². The van der Waals surface area contributed by atoms with Gasteiger partial charge in [-0.15, -0.1) is 0 Å². The third-order valence-electron chi connectivity index (χ3n) is 2.04. The fraction of sp³-hybridized carbons (Fsp3) is 0.667. The molecule has 1 heterocycles. The largest absolute Gasteiger partial charge is 0.298 e. The first-order valence-corrected chi connectivity index (χ1v) is 4.49. The SMILES string of the molecule is CCN(CC)Cc1cc(C)[nH]n1. The second-order valence-corrected chi connectivity index (χ2v) is 3.00. The molecule has 0 aliphatic heterocycles. The fourth-order valence-electron chi connectivity index (χ4n) is 1.23. The summed E-state index contributed by atoms with van der Waals surface area (Å²) in [5.74, 6) is 0. The van der Waals surface area contributed by atoms with Crippen molar-refractivity contribution in [2.75, 3.05) is 13.1 Å². The summed E-state index contributed by atoms with van der Waals surface area (Å²) in [7, 11) is 0. The van der Waals surface area contributed by atoms with Crippen LogP contribution in [-0.4, -0.2) is 28.2 Å². The molecule has 0 radical (unpaired) electrons. The van der Waals surface area contributed by atoms with Crippen molar-refractivity contribution in [1.82, 2.24) is 15.1 Å². The van der Waals surface area contributed by atoms with E-state index in [1.807, 2.05) is 6.92 Å². The van der Waals surface area contributed by atoms with Crippen LogP contribution in [0.2, 0.25) is 0 Å². The van der Waals surface area contributed by atoms with Crippen molar-refractivity contribution in [1.29, 1.82) is 0 Å². The van der Waals surface area contributed by atoms with Crippen molar-refractivity contribution in [2.45, 2.75) is 27.3 Å². The maximum atomic E-state index is 4.18. The molecule has 68 valence electrons. The van der Waals surface area contributed by atoms with E-state index >= 15 is 0 Å². The van der Waals surface area contributed by atoms with Crippen LogP contribution in [0.3, 0.4) is 0 Å². The zero-order valence-electron chi connectivity index (χ0n) is 8.09. The molecule has 1 rings (SSSR count). The van der Waals surface area contributed by atoms with Gasteiger partial charge in [0, 0.05) is 12.2 Å². The number of nitrogens with one attached hydrogen (secondary N) is 1. The monoisotopic (exact) mass is 167 g/mol. The molecule has 12 heavy (non-hydrogen) atoms. The first kappa shape index (κ1) is 9.26. The van der Waals surface area contributed by atoms with Gasteiger partial charge in [0.25, 0.3) is 0 Å². The summed E-state index contributed by atoms with van der Waals surface area (Å²) in [5.41, 5.74) is 2.27. The maximum Gasteiger partial charge on any atom is 0.0765 e. The van der Waals surface area contributed by atoms with E-state index in [0.717, 1.165) is 31.0 Å². The Labute approximate surface area is 73.8 Å². The zero-order valence-corrected chi connectivity index (χ0v) is 8.09. The molecule has 0 saturated carbocycles. The van der Waals surface area contributed by atoms with Gasteiger partial charge in [-0.1, -0.05) is 13.8 Å². The van der Waals surface area contributed by atoms with Gasteiger partial charge in [0.05, 0.1) is 5.69 Å². The summed E-state index contributed by atoms with van der Waals surface area (Å²) < 4.78 is 0. The van der Waals surface area contributed by atoms with E-state index in [2.05, 4.69) is 35.0 Å². The van der Waals surface area contributed by atoms with Gasteiger partial charge >= 0.3 is 0 Å². The van der Waals surface area contributed by atoms with Gasteiger partial charge in [-0.05, 0) is 26.1 Å². The van der Waals surface area contributed by atoms with Crippen LogP contribution in [0.4, 0.5) is 0 Å². The molecule has 0 aliphatic rings. The van der Waals surface area contributed by atoms with E-state index in [1.54, 1.807) is 0 Å². The average molecular weight is 167 g/mol. The van der Waals surface area contributed by atoms with Crippen LogP contribution in [0.25, 0.3) is 0 Å². The second kappa shape index (κ2) is 4.26. The van der Waals surface area contributed by atoms with Crippen molar-refractivity contribution in [3.8, 4) is 0 Å². The van der Waals surface area contributed by atoms with Crippen molar-refractivity contribution < 1.29 is 0 Å². The summed E-state index contributed by atoms with van der Waals surface area (Å²) in [4.78, 5) is 2.34. The van der Waals surface area contributed by atoms with E-state index in [9.17, 15) is 0 Å². The Balaban J connectivity index is 2.50. The summed E-state index contributed by atoms with van der Waals surface area (Å²) in [6, 6.07) is 2.10. The normalized spacial score (nSPS) is 11.0. The van der Waals surface area contributed by atoms with Crippen LogP contribution in [-0.2, 0) is 6.54 Å². The fourth-order valence-corrected chi connectivity index (χ4v) is 1.23. The minimum absolute atomic E-state index is 0.956. The lowest BCUT2D eigenvalue weighted by molar-refractivity contribution is 0.292. The molecule has 0 unspecified atom stereocenters. The molecule has 1 aromatic rings. The summed E-state index contributed by atoms with van der Waals surface area (Å²) >= 11 is 0. The number of hydrogen-bond donors (Lipinski definition) is 1. The Kier molecular flexibility index (Phi) is 3.29. The summed E-state index contributed by atoms with van der Waals surface area (Å²) in [6.07, 6.45) is 0. The Morgan fingerprint density at radius 3 is 2.50 bits per heavy atom. The van der Waals surface area contributed by atoms with Gasteiger partial charge in [-0.3, -0.25) is 10.00 Å². The Morgan fingerprint density at radius 2 is 2.08 bits per heavy atom. The average Bonchev–Trinajstić information content (AvgIpc) is 2.47. The number of hydrogen-bond acceptors (Lipinski definition) is 2. The Hall–Kier alpha value is -0.830. The highest BCUT2D eigenvalue weighted by Gasteiger charge is 2.02. The summed E-state index contributed by atoms with van der Waals surface area (Å²) in [6.45, 7) is 9.49. The number of aromatic amines is 1. The molecule has 0 amide bonds. The van der Waals surface area contributed by atoms with Crippen LogP contribution in [0, 0.1) is 6.92 Å². The lowest BCUT2D eigenvalue weighted by atomic mass is 10.3. The first-order chi connectivity index (χ1) is 5.76. The maximum absolute atomic E-state index is 4.18. The predicted octanol–water partition coefficient (Wildman–Crippen LogP) is 1.56. The van der Waals surface area contributed by atoms with Crippen molar-refractivity contribution >= 4 is 0 Å². The van der Waals surface area contributed by atoms with Gasteiger partial charge in [0.15, 0.2) is 0 Å². The summed E-state index contributed by atoms with van der Waals surface area (Å²) in [5, 5.41) is 7.13. The molecule has 0 atom stereocenters. The van der Waals surface area contributed by atoms with E-state index in [-0.39, 0.29) is 0 Å². The molecule has 0 spiro atoms. The second-order valence-electron chi connectivity index (χ2n) is 3.00. The van der Waals surface area contributed by atoms with Crippen molar-refractivity contribution in [3.63, 3.8) is 0 Å². The Bertz CT molecular complexity index is 225. The van der Waals surface area contributed by atoms with E-state index in [1.165, 1.54) is 0 Å². The van der Waals surface area contributed by atoms with Crippen molar-refractivity contribution in [2.24, 2.45) is 0 Å². The van der Waals surface area contributed by atoms with Gasteiger partial charge in [0.2, 0.25) is 0 Å². The molecule has 0 bridgehead atoms. The molecule has 1 aromatic heterocycles. The standard InChI is InChI=1S/C9H17N3/c1-4-12(5-2)7-9-6-8(3)10-11-9/h6H,4-5,7H2,1-3H3,(H,10,11). The third kappa shape index (κ3) is 2.34. The lowest BCUT2D eigenvalue weighted by Gasteiger charge is -2.15. The van der Waals surface area contributed by atoms with Gasteiger partial charge in [-0.2, -0.15) is 5.10 Å². The highest BCUT2D eigenvalue weighted by atomic mass is 15.2.